The zero-order chi connectivity index (χ0) is 14.1. The number of fused-ring (bicyclic) bond motifs is 1. The Labute approximate surface area is 116 Å². The maximum atomic E-state index is 11.4. The highest BCUT2D eigenvalue weighted by atomic mass is 16.7. The van der Waals surface area contributed by atoms with Crippen molar-refractivity contribution in [1.82, 2.24) is 10.2 Å². The van der Waals surface area contributed by atoms with Crippen molar-refractivity contribution in [3.05, 3.63) is 23.9 Å². The first-order valence-corrected chi connectivity index (χ1v) is 6.44. The Morgan fingerprint density at radius 2 is 2.20 bits per heavy atom. The summed E-state index contributed by atoms with van der Waals surface area (Å²) in [6.45, 7) is 3.72. The number of benzene rings is 1. The van der Waals surface area contributed by atoms with E-state index >= 15 is 0 Å². The SMILES string of the molecule is CCc1[nH]nc(-c2ccc3c(c2)OCO3)c1NC(C)=O. The number of nitrogens with one attached hydrogen (secondary N) is 2. The molecule has 0 saturated carbocycles. The van der Waals surface area contributed by atoms with Crippen molar-refractivity contribution in [3.8, 4) is 22.8 Å². The van der Waals surface area contributed by atoms with Gasteiger partial charge in [0.15, 0.2) is 11.5 Å². The molecule has 20 heavy (non-hydrogen) atoms. The fourth-order valence-corrected chi connectivity index (χ4v) is 2.20. The molecule has 0 radical (unpaired) electrons. The minimum Gasteiger partial charge on any atom is -0.454 e. The second-order valence-electron chi connectivity index (χ2n) is 4.53. The zero-order valence-corrected chi connectivity index (χ0v) is 11.3. The van der Waals surface area contributed by atoms with Crippen molar-refractivity contribution in [3.63, 3.8) is 0 Å². The molecule has 0 aliphatic carbocycles. The van der Waals surface area contributed by atoms with Gasteiger partial charge < -0.3 is 14.8 Å². The number of nitrogens with zero attached hydrogens (tertiary/aromatic N) is 1. The third-order valence-electron chi connectivity index (χ3n) is 3.14. The average molecular weight is 273 g/mol. The molecule has 2 heterocycles. The first kappa shape index (κ1) is 12.5. The van der Waals surface area contributed by atoms with E-state index in [4.69, 9.17) is 9.47 Å². The molecule has 2 N–H and O–H groups in total. The Morgan fingerprint density at radius 1 is 1.40 bits per heavy atom. The van der Waals surface area contributed by atoms with E-state index in [0.717, 1.165) is 29.1 Å². The molecule has 0 spiro atoms. The topological polar surface area (TPSA) is 76.2 Å². The van der Waals surface area contributed by atoms with Gasteiger partial charge in [-0.3, -0.25) is 9.89 Å². The second kappa shape index (κ2) is 4.88. The Hall–Kier alpha value is -2.50. The van der Waals surface area contributed by atoms with Crippen LogP contribution in [-0.2, 0) is 11.2 Å². The van der Waals surface area contributed by atoms with E-state index < -0.39 is 0 Å². The smallest absolute Gasteiger partial charge is 0.231 e. The molecule has 6 heteroatoms. The summed E-state index contributed by atoms with van der Waals surface area (Å²) in [7, 11) is 0. The molecule has 0 unspecified atom stereocenters. The molecule has 0 bridgehead atoms. The van der Waals surface area contributed by atoms with Gasteiger partial charge in [0.2, 0.25) is 12.7 Å². The Bertz CT molecular complexity index is 664. The quantitative estimate of drug-likeness (QED) is 0.899. The third-order valence-corrected chi connectivity index (χ3v) is 3.14. The molecule has 3 rings (SSSR count). The van der Waals surface area contributed by atoms with Crippen molar-refractivity contribution in [2.24, 2.45) is 0 Å². The lowest BCUT2D eigenvalue weighted by Crippen LogP contribution is -2.07. The molecule has 0 saturated heterocycles. The molecule has 0 fully saturated rings. The number of amides is 1. The van der Waals surface area contributed by atoms with Gasteiger partial charge in [-0.1, -0.05) is 6.92 Å². The van der Waals surface area contributed by atoms with Crippen LogP contribution in [0.25, 0.3) is 11.3 Å². The van der Waals surface area contributed by atoms with Gasteiger partial charge in [0.05, 0.1) is 11.4 Å². The number of aromatic nitrogens is 2. The monoisotopic (exact) mass is 273 g/mol. The van der Waals surface area contributed by atoms with Crippen LogP contribution >= 0.6 is 0 Å². The number of aromatic amines is 1. The molecule has 1 aliphatic heterocycles. The van der Waals surface area contributed by atoms with Gasteiger partial charge in [-0.05, 0) is 24.6 Å². The normalized spacial score (nSPS) is 12.5. The fraction of sp³-hybridized carbons (Fsp3) is 0.286. The van der Waals surface area contributed by atoms with Crippen molar-refractivity contribution in [2.45, 2.75) is 20.3 Å². The molecule has 1 amide bonds. The van der Waals surface area contributed by atoms with Gasteiger partial charge in [-0.2, -0.15) is 5.10 Å². The van der Waals surface area contributed by atoms with Gasteiger partial charge in [-0.15, -0.1) is 0 Å². The van der Waals surface area contributed by atoms with Crippen molar-refractivity contribution in [1.29, 1.82) is 0 Å². The van der Waals surface area contributed by atoms with E-state index in [0.29, 0.717) is 11.4 Å². The van der Waals surface area contributed by atoms with Crippen LogP contribution in [0.3, 0.4) is 0 Å². The summed E-state index contributed by atoms with van der Waals surface area (Å²) in [4.78, 5) is 11.4. The number of carbonyl (C=O) groups excluding carboxylic acids is 1. The number of rotatable bonds is 3. The first-order chi connectivity index (χ1) is 9.69. The van der Waals surface area contributed by atoms with Crippen molar-refractivity contribution >= 4 is 11.6 Å². The molecule has 1 aromatic carbocycles. The minimum atomic E-state index is -0.122. The summed E-state index contributed by atoms with van der Waals surface area (Å²) in [5.41, 5.74) is 3.19. The Morgan fingerprint density at radius 3 is 2.95 bits per heavy atom. The van der Waals surface area contributed by atoms with E-state index in [1.165, 1.54) is 6.92 Å². The molecule has 0 atom stereocenters. The first-order valence-electron chi connectivity index (χ1n) is 6.44. The maximum absolute atomic E-state index is 11.4. The molecule has 1 aliphatic rings. The number of hydrogen-bond donors (Lipinski definition) is 2. The molecule has 6 nitrogen and oxygen atoms in total. The van der Waals surface area contributed by atoms with Crippen LogP contribution in [0.15, 0.2) is 18.2 Å². The van der Waals surface area contributed by atoms with Gasteiger partial charge in [0.25, 0.3) is 0 Å². The van der Waals surface area contributed by atoms with E-state index in [1.54, 1.807) is 0 Å². The molecule has 1 aromatic heterocycles. The van der Waals surface area contributed by atoms with Crippen LogP contribution in [0.2, 0.25) is 0 Å². The number of anilines is 1. The molecular weight excluding hydrogens is 258 g/mol. The molecular formula is C14H15N3O3. The molecule has 2 aromatic rings. The highest BCUT2D eigenvalue weighted by Gasteiger charge is 2.19. The average Bonchev–Trinajstić information content (AvgIpc) is 3.03. The Kier molecular flexibility index (Phi) is 3.06. The maximum Gasteiger partial charge on any atom is 0.231 e. The number of H-pyrrole nitrogens is 1. The van der Waals surface area contributed by atoms with E-state index in [-0.39, 0.29) is 12.7 Å². The fourth-order valence-electron chi connectivity index (χ4n) is 2.20. The number of ether oxygens (including phenoxy) is 2. The lowest BCUT2D eigenvalue weighted by Gasteiger charge is -2.06. The van der Waals surface area contributed by atoms with Crippen LogP contribution in [-0.4, -0.2) is 22.9 Å². The summed E-state index contributed by atoms with van der Waals surface area (Å²) >= 11 is 0. The van der Waals surface area contributed by atoms with E-state index in [1.807, 2.05) is 25.1 Å². The minimum absolute atomic E-state index is 0.122. The van der Waals surface area contributed by atoms with E-state index in [2.05, 4.69) is 15.5 Å². The predicted molar refractivity (Wildman–Crippen MR) is 73.8 cm³/mol. The van der Waals surface area contributed by atoms with Crippen LogP contribution in [0, 0.1) is 0 Å². The van der Waals surface area contributed by atoms with Crippen LogP contribution in [0.5, 0.6) is 11.5 Å². The van der Waals surface area contributed by atoms with Crippen LogP contribution < -0.4 is 14.8 Å². The number of carbonyl (C=O) groups is 1. The van der Waals surface area contributed by atoms with E-state index in [9.17, 15) is 4.79 Å². The lowest BCUT2D eigenvalue weighted by molar-refractivity contribution is -0.114. The second-order valence-corrected chi connectivity index (χ2v) is 4.53. The van der Waals surface area contributed by atoms with Crippen molar-refractivity contribution < 1.29 is 14.3 Å². The third kappa shape index (κ3) is 2.09. The summed E-state index contributed by atoms with van der Waals surface area (Å²) < 4.78 is 10.7. The largest absolute Gasteiger partial charge is 0.454 e. The van der Waals surface area contributed by atoms with Crippen LogP contribution in [0.4, 0.5) is 5.69 Å². The highest BCUT2D eigenvalue weighted by Crippen LogP contribution is 2.38. The summed E-state index contributed by atoms with van der Waals surface area (Å²) in [6.07, 6.45) is 0.757. The van der Waals surface area contributed by atoms with Gasteiger partial charge >= 0.3 is 0 Å². The lowest BCUT2D eigenvalue weighted by atomic mass is 10.1. The van der Waals surface area contributed by atoms with Gasteiger partial charge in [-0.25, -0.2) is 0 Å². The highest BCUT2D eigenvalue weighted by molar-refractivity contribution is 5.94. The number of hydrogen-bond acceptors (Lipinski definition) is 4. The summed E-state index contributed by atoms with van der Waals surface area (Å²) in [5, 5.41) is 10.1. The summed E-state index contributed by atoms with van der Waals surface area (Å²) in [5.74, 6) is 1.29. The number of aryl methyl sites for hydroxylation is 1. The van der Waals surface area contributed by atoms with Gasteiger partial charge in [0, 0.05) is 12.5 Å². The summed E-state index contributed by atoms with van der Waals surface area (Å²) in [6, 6.07) is 5.60. The standard InChI is InChI=1S/C14H15N3O3/c1-3-10-14(15-8(2)18)13(17-16-10)9-4-5-11-12(6-9)20-7-19-11/h4-6H,3,7H2,1-2H3,(H,15,18)(H,16,17). The zero-order valence-electron chi connectivity index (χ0n) is 11.3. The predicted octanol–water partition coefficient (Wildman–Crippen LogP) is 2.33. The van der Waals surface area contributed by atoms with Gasteiger partial charge in [0.1, 0.15) is 5.69 Å². The van der Waals surface area contributed by atoms with Crippen molar-refractivity contribution in [2.75, 3.05) is 12.1 Å². The molecule has 104 valence electrons. The van der Waals surface area contributed by atoms with Crippen LogP contribution in [0.1, 0.15) is 19.5 Å². The Balaban J connectivity index is 2.05.